The smallest absolute Gasteiger partial charge is 0.269 e. The van der Waals surface area contributed by atoms with Crippen LogP contribution in [0, 0.1) is 0 Å². The third-order valence-corrected chi connectivity index (χ3v) is 3.70. The van der Waals surface area contributed by atoms with Gasteiger partial charge >= 0.3 is 0 Å². The zero-order valence-electron chi connectivity index (χ0n) is 13.5. The Balaban J connectivity index is 1.77. The maximum atomic E-state index is 12.1. The topological polar surface area (TPSA) is 61.4 Å². The fourth-order valence-corrected chi connectivity index (χ4v) is 2.43. The first kappa shape index (κ1) is 16.3. The Kier molecular flexibility index (Phi) is 5.12. The maximum absolute atomic E-state index is 12.1. The van der Waals surface area contributed by atoms with Gasteiger partial charge in [-0.2, -0.15) is 0 Å². The molecule has 124 valence electrons. The Morgan fingerprint density at radius 2 is 1.24 bits per heavy atom. The molecular weight excluding hydrogens is 312 g/mol. The highest BCUT2D eigenvalue weighted by molar-refractivity contribution is 5.94. The number of carbonyl (C=O) groups is 1. The quantitative estimate of drug-likeness (QED) is 0.625. The molecule has 0 bridgehead atoms. The van der Waals surface area contributed by atoms with E-state index in [1.165, 1.54) is 12.1 Å². The van der Waals surface area contributed by atoms with Gasteiger partial charge in [-0.1, -0.05) is 60.7 Å². The Morgan fingerprint density at radius 3 is 1.76 bits per heavy atom. The van der Waals surface area contributed by atoms with E-state index in [2.05, 4.69) is 10.9 Å². The number of phenolic OH excluding ortho intramolecular Hbond substituents is 1. The molecule has 1 amide bonds. The van der Waals surface area contributed by atoms with Crippen molar-refractivity contribution in [3.05, 3.63) is 108 Å². The molecule has 0 aromatic heterocycles. The molecule has 0 heterocycles. The number of aromatic hydroxyl groups is 1. The predicted molar refractivity (Wildman–Crippen MR) is 98.7 cm³/mol. The number of hydrogen-bond donors (Lipinski definition) is 3. The molecular formula is C21H18N2O2. The van der Waals surface area contributed by atoms with Gasteiger partial charge in [-0.15, -0.1) is 0 Å². The van der Waals surface area contributed by atoms with Crippen molar-refractivity contribution in [3.63, 3.8) is 0 Å². The molecule has 3 aromatic carbocycles. The molecule has 25 heavy (non-hydrogen) atoms. The number of carbonyl (C=O) groups excluding carboxylic acids is 1. The summed E-state index contributed by atoms with van der Waals surface area (Å²) in [6, 6.07) is 26.0. The molecule has 0 unspecified atom stereocenters. The molecule has 4 heteroatoms. The lowest BCUT2D eigenvalue weighted by molar-refractivity contribution is 0.0941. The molecule has 0 saturated carbocycles. The Hall–Kier alpha value is -3.53. The van der Waals surface area contributed by atoms with Crippen LogP contribution in [0.1, 0.15) is 21.5 Å². The number of rotatable bonds is 5. The van der Waals surface area contributed by atoms with E-state index < -0.39 is 0 Å². The van der Waals surface area contributed by atoms with Crippen LogP contribution in [0.2, 0.25) is 0 Å². The van der Waals surface area contributed by atoms with Crippen molar-refractivity contribution in [2.45, 2.75) is 0 Å². The van der Waals surface area contributed by atoms with Gasteiger partial charge in [0.05, 0.1) is 0 Å². The average molecular weight is 330 g/mol. The Labute approximate surface area is 146 Å². The Morgan fingerprint density at radius 1 is 0.720 bits per heavy atom. The van der Waals surface area contributed by atoms with E-state index in [0.29, 0.717) is 5.56 Å². The highest BCUT2D eigenvalue weighted by atomic mass is 16.3. The summed E-state index contributed by atoms with van der Waals surface area (Å²) in [5.41, 5.74) is 9.02. The number of hydrazine groups is 1. The second kappa shape index (κ2) is 7.84. The average Bonchev–Trinajstić information content (AvgIpc) is 2.67. The molecule has 0 saturated heterocycles. The SMILES string of the molecule is O=C(NNC=C(c1ccccc1)c1ccccc1)c1ccc(O)cc1. The van der Waals surface area contributed by atoms with E-state index in [0.717, 1.165) is 16.7 Å². The summed E-state index contributed by atoms with van der Waals surface area (Å²) in [5, 5.41) is 9.28. The summed E-state index contributed by atoms with van der Waals surface area (Å²) in [6.45, 7) is 0. The molecule has 0 aliphatic heterocycles. The van der Waals surface area contributed by atoms with Crippen molar-refractivity contribution in [2.75, 3.05) is 0 Å². The van der Waals surface area contributed by atoms with E-state index in [4.69, 9.17) is 0 Å². The van der Waals surface area contributed by atoms with Crippen molar-refractivity contribution in [3.8, 4) is 5.75 Å². The third-order valence-electron chi connectivity index (χ3n) is 3.70. The minimum atomic E-state index is -0.281. The predicted octanol–water partition coefficient (Wildman–Crippen LogP) is 3.72. The molecule has 3 N–H and O–H groups in total. The van der Waals surface area contributed by atoms with Gasteiger partial charge in [-0.3, -0.25) is 10.2 Å². The maximum Gasteiger partial charge on any atom is 0.269 e. The van der Waals surface area contributed by atoms with Crippen LogP contribution in [0.4, 0.5) is 0 Å². The molecule has 0 aliphatic carbocycles. The van der Waals surface area contributed by atoms with Crippen molar-refractivity contribution in [1.82, 2.24) is 10.9 Å². The minimum Gasteiger partial charge on any atom is -0.508 e. The molecule has 3 rings (SSSR count). The van der Waals surface area contributed by atoms with Gasteiger partial charge in [-0.25, -0.2) is 0 Å². The molecule has 0 fully saturated rings. The van der Waals surface area contributed by atoms with Gasteiger partial charge in [0.1, 0.15) is 5.75 Å². The van der Waals surface area contributed by atoms with Crippen molar-refractivity contribution >= 4 is 11.5 Å². The van der Waals surface area contributed by atoms with E-state index in [1.54, 1.807) is 18.3 Å². The zero-order chi connectivity index (χ0) is 17.5. The van der Waals surface area contributed by atoms with Gasteiger partial charge in [0.15, 0.2) is 0 Å². The molecule has 3 aromatic rings. The normalized spacial score (nSPS) is 9.92. The lowest BCUT2D eigenvalue weighted by atomic mass is 9.99. The van der Waals surface area contributed by atoms with E-state index in [-0.39, 0.29) is 11.7 Å². The van der Waals surface area contributed by atoms with Crippen LogP contribution in [0.5, 0.6) is 5.75 Å². The molecule has 0 radical (unpaired) electrons. The van der Waals surface area contributed by atoms with E-state index >= 15 is 0 Å². The summed E-state index contributed by atoms with van der Waals surface area (Å²) >= 11 is 0. The first-order valence-electron chi connectivity index (χ1n) is 7.90. The minimum absolute atomic E-state index is 0.125. The largest absolute Gasteiger partial charge is 0.508 e. The van der Waals surface area contributed by atoms with Crippen LogP contribution in [-0.4, -0.2) is 11.0 Å². The van der Waals surface area contributed by atoms with Crippen LogP contribution >= 0.6 is 0 Å². The van der Waals surface area contributed by atoms with Gasteiger partial charge in [0.25, 0.3) is 5.91 Å². The summed E-state index contributed by atoms with van der Waals surface area (Å²) in [5.74, 6) is -0.156. The van der Waals surface area contributed by atoms with Crippen LogP contribution in [0.25, 0.3) is 5.57 Å². The van der Waals surface area contributed by atoms with Crippen LogP contribution < -0.4 is 10.9 Å². The van der Waals surface area contributed by atoms with Gasteiger partial charge < -0.3 is 10.5 Å². The Bertz CT molecular complexity index is 816. The lowest BCUT2D eigenvalue weighted by Crippen LogP contribution is -2.33. The van der Waals surface area contributed by atoms with Crippen molar-refractivity contribution in [1.29, 1.82) is 0 Å². The van der Waals surface area contributed by atoms with Crippen LogP contribution in [0.3, 0.4) is 0 Å². The number of amides is 1. The van der Waals surface area contributed by atoms with E-state index in [9.17, 15) is 9.90 Å². The summed E-state index contributed by atoms with van der Waals surface area (Å²) in [4.78, 5) is 12.1. The third kappa shape index (κ3) is 4.26. The van der Waals surface area contributed by atoms with E-state index in [1.807, 2.05) is 60.7 Å². The molecule has 0 atom stereocenters. The van der Waals surface area contributed by atoms with Crippen LogP contribution in [0.15, 0.2) is 91.1 Å². The van der Waals surface area contributed by atoms with Crippen molar-refractivity contribution < 1.29 is 9.90 Å². The number of hydrogen-bond acceptors (Lipinski definition) is 3. The second-order valence-electron chi connectivity index (χ2n) is 5.44. The fourth-order valence-electron chi connectivity index (χ4n) is 2.43. The standard InChI is InChI=1S/C21H18N2O2/c24-19-13-11-18(12-14-19)21(25)23-22-15-20(16-7-3-1-4-8-16)17-9-5-2-6-10-17/h1-15,22,24H,(H,23,25). The lowest BCUT2D eigenvalue weighted by Gasteiger charge is -2.11. The van der Waals surface area contributed by atoms with Crippen LogP contribution in [-0.2, 0) is 0 Å². The highest BCUT2D eigenvalue weighted by Crippen LogP contribution is 2.22. The van der Waals surface area contributed by atoms with Crippen molar-refractivity contribution in [2.24, 2.45) is 0 Å². The fraction of sp³-hybridized carbons (Fsp3) is 0. The first-order chi connectivity index (χ1) is 12.2. The summed E-state index contributed by atoms with van der Waals surface area (Å²) in [6.07, 6.45) is 1.77. The van der Waals surface area contributed by atoms with Gasteiger partial charge in [0, 0.05) is 17.3 Å². The first-order valence-corrected chi connectivity index (χ1v) is 7.90. The summed E-state index contributed by atoms with van der Waals surface area (Å²) < 4.78 is 0. The van der Waals surface area contributed by atoms with Gasteiger partial charge in [0.2, 0.25) is 0 Å². The second-order valence-corrected chi connectivity index (χ2v) is 5.44. The molecule has 4 nitrogen and oxygen atoms in total. The van der Waals surface area contributed by atoms with Gasteiger partial charge in [-0.05, 0) is 35.4 Å². The summed E-state index contributed by atoms with van der Waals surface area (Å²) in [7, 11) is 0. The monoisotopic (exact) mass is 330 g/mol. The highest BCUT2D eigenvalue weighted by Gasteiger charge is 2.06. The molecule has 0 spiro atoms. The number of benzene rings is 3. The number of nitrogens with one attached hydrogen (secondary N) is 2. The molecule has 0 aliphatic rings. The zero-order valence-corrected chi connectivity index (χ0v) is 13.5. The number of phenols is 1.